The van der Waals surface area contributed by atoms with Gasteiger partial charge in [-0.05, 0) is 18.9 Å². The van der Waals surface area contributed by atoms with Crippen molar-refractivity contribution in [1.82, 2.24) is 4.98 Å². The average Bonchev–Trinajstić information content (AvgIpc) is 2.29. The molecule has 0 spiro atoms. The zero-order valence-electron chi connectivity index (χ0n) is 9.41. The smallest absolute Gasteiger partial charge is 0.393 e. The lowest BCUT2D eigenvalue weighted by Crippen LogP contribution is -2.36. The Morgan fingerprint density at radius 1 is 1.33 bits per heavy atom. The SMILES string of the molecule is OC1CCN(c2ncc(C(F)(F)F)cc2Cl)CC1. The van der Waals surface area contributed by atoms with Gasteiger partial charge >= 0.3 is 6.18 Å². The van der Waals surface area contributed by atoms with E-state index in [0.29, 0.717) is 31.7 Å². The monoisotopic (exact) mass is 280 g/mol. The molecule has 1 aromatic rings. The fourth-order valence-corrected chi connectivity index (χ4v) is 2.18. The van der Waals surface area contributed by atoms with E-state index in [1.54, 1.807) is 4.90 Å². The Morgan fingerprint density at radius 3 is 2.44 bits per heavy atom. The van der Waals surface area contributed by atoms with Gasteiger partial charge in [-0.2, -0.15) is 13.2 Å². The predicted octanol–water partition coefficient (Wildman–Crippen LogP) is 2.71. The molecule has 2 heterocycles. The van der Waals surface area contributed by atoms with Crippen molar-refractivity contribution in [2.45, 2.75) is 25.1 Å². The number of hydrogen-bond donors (Lipinski definition) is 1. The zero-order chi connectivity index (χ0) is 13.3. The number of aliphatic hydroxyl groups is 1. The van der Waals surface area contributed by atoms with Crippen LogP contribution in [0.5, 0.6) is 0 Å². The van der Waals surface area contributed by atoms with Gasteiger partial charge in [0.15, 0.2) is 0 Å². The number of aliphatic hydroxyl groups excluding tert-OH is 1. The lowest BCUT2D eigenvalue weighted by Gasteiger charge is -2.31. The van der Waals surface area contributed by atoms with E-state index in [2.05, 4.69) is 4.98 Å². The van der Waals surface area contributed by atoms with Crippen LogP contribution in [-0.4, -0.2) is 29.3 Å². The maximum absolute atomic E-state index is 12.4. The van der Waals surface area contributed by atoms with Crippen molar-refractivity contribution in [2.75, 3.05) is 18.0 Å². The number of hydrogen-bond acceptors (Lipinski definition) is 3. The highest BCUT2D eigenvalue weighted by Gasteiger charge is 2.32. The van der Waals surface area contributed by atoms with Gasteiger partial charge in [0.1, 0.15) is 5.82 Å². The summed E-state index contributed by atoms with van der Waals surface area (Å²) in [6, 6.07) is 0.884. The molecule has 18 heavy (non-hydrogen) atoms. The molecule has 7 heteroatoms. The van der Waals surface area contributed by atoms with Gasteiger partial charge in [0, 0.05) is 19.3 Å². The van der Waals surface area contributed by atoms with Gasteiger partial charge in [-0.1, -0.05) is 11.6 Å². The number of piperidine rings is 1. The quantitative estimate of drug-likeness (QED) is 0.859. The second-order valence-corrected chi connectivity index (χ2v) is 4.65. The van der Waals surface area contributed by atoms with Crippen molar-refractivity contribution in [3.05, 3.63) is 22.8 Å². The van der Waals surface area contributed by atoms with E-state index >= 15 is 0 Å². The molecule has 0 unspecified atom stereocenters. The van der Waals surface area contributed by atoms with Crippen LogP contribution in [0.1, 0.15) is 18.4 Å². The first kappa shape index (κ1) is 13.4. The molecular formula is C11H12ClF3N2O. The Balaban J connectivity index is 2.20. The van der Waals surface area contributed by atoms with Crippen molar-refractivity contribution in [3.63, 3.8) is 0 Å². The standard InChI is InChI=1S/C11H12ClF3N2O/c12-9-5-7(11(13,14)15)6-16-10(9)17-3-1-8(18)2-4-17/h5-6,8,18H,1-4H2. The third-order valence-electron chi connectivity index (χ3n) is 2.91. The number of anilines is 1. The second-order valence-electron chi connectivity index (χ2n) is 4.25. The highest BCUT2D eigenvalue weighted by molar-refractivity contribution is 6.33. The first-order valence-electron chi connectivity index (χ1n) is 5.53. The number of pyridine rings is 1. The van der Waals surface area contributed by atoms with Crippen molar-refractivity contribution in [2.24, 2.45) is 0 Å². The van der Waals surface area contributed by atoms with Crippen LogP contribution >= 0.6 is 11.6 Å². The molecule has 2 rings (SSSR count). The molecule has 0 saturated carbocycles. The highest BCUT2D eigenvalue weighted by Crippen LogP contribution is 2.34. The first-order chi connectivity index (χ1) is 8.38. The number of alkyl halides is 3. The van der Waals surface area contributed by atoms with Gasteiger partial charge in [0.2, 0.25) is 0 Å². The van der Waals surface area contributed by atoms with Crippen LogP contribution < -0.4 is 4.90 Å². The van der Waals surface area contributed by atoms with Crippen molar-refractivity contribution in [1.29, 1.82) is 0 Å². The Labute approximate surface area is 107 Å². The van der Waals surface area contributed by atoms with E-state index in [-0.39, 0.29) is 11.1 Å². The van der Waals surface area contributed by atoms with Gasteiger partial charge in [0.05, 0.1) is 16.7 Å². The molecule has 1 saturated heterocycles. The van der Waals surface area contributed by atoms with E-state index in [4.69, 9.17) is 11.6 Å². The zero-order valence-corrected chi connectivity index (χ0v) is 10.2. The average molecular weight is 281 g/mol. The normalized spacial score (nSPS) is 18.2. The number of halogens is 4. The van der Waals surface area contributed by atoms with E-state index in [1.807, 2.05) is 0 Å². The summed E-state index contributed by atoms with van der Waals surface area (Å²) in [5.74, 6) is 0.344. The van der Waals surface area contributed by atoms with Crippen LogP contribution in [0.3, 0.4) is 0 Å². The van der Waals surface area contributed by atoms with E-state index < -0.39 is 11.7 Å². The summed E-state index contributed by atoms with van der Waals surface area (Å²) in [6.07, 6.45) is -2.87. The summed E-state index contributed by atoms with van der Waals surface area (Å²) in [4.78, 5) is 5.57. The maximum Gasteiger partial charge on any atom is 0.417 e. The third kappa shape index (κ3) is 2.87. The molecule has 0 atom stereocenters. The Bertz CT molecular complexity index is 431. The molecule has 0 radical (unpaired) electrons. The van der Waals surface area contributed by atoms with E-state index in [1.165, 1.54) is 0 Å². The Hall–Kier alpha value is -1.01. The molecule has 1 aromatic heterocycles. The van der Waals surface area contributed by atoms with Crippen LogP contribution in [0.2, 0.25) is 5.02 Å². The maximum atomic E-state index is 12.4. The Kier molecular flexibility index (Phi) is 3.68. The summed E-state index contributed by atoms with van der Waals surface area (Å²) in [5, 5.41) is 9.35. The van der Waals surface area contributed by atoms with Crippen molar-refractivity contribution < 1.29 is 18.3 Å². The summed E-state index contributed by atoms with van der Waals surface area (Å²) < 4.78 is 37.3. The molecule has 1 N–H and O–H groups in total. The van der Waals surface area contributed by atoms with Crippen molar-refractivity contribution >= 4 is 17.4 Å². The minimum atomic E-state index is -4.44. The van der Waals surface area contributed by atoms with Crippen LogP contribution in [0.25, 0.3) is 0 Å². The highest BCUT2D eigenvalue weighted by atomic mass is 35.5. The predicted molar refractivity (Wildman–Crippen MR) is 61.7 cm³/mol. The van der Waals surface area contributed by atoms with E-state index in [9.17, 15) is 18.3 Å². The van der Waals surface area contributed by atoms with Crippen LogP contribution in [0.15, 0.2) is 12.3 Å². The second kappa shape index (κ2) is 4.93. The molecular weight excluding hydrogens is 269 g/mol. The Morgan fingerprint density at radius 2 is 1.94 bits per heavy atom. The molecule has 1 aliphatic rings. The van der Waals surface area contributed by atoms with Crippen LogP contribution in [0, 0.1) is 0 Å². The molecule has 100 valence electrons. The molecule has 0 aromatic carbocycles. The molecule has 0 amide bonds. The molecule has 1 fully saturated rings. The number of nitrogens with zero attached hydrogens (tertiary/aromatic N) is 2. The number of aromatic nitrogens is 1. The largest absolute Gasteiger partial charge is 0.417 e. The lowest BCUT2D eigenvalue weighted by atomic mass is 10.1. The van der Waals surface area contributed by atoms with Gasteiger partial charge in [-0.3, -0.25) is 0 Å². The van der Waals surface area contributed by atoms with Gasteiger partial charge < -0.3 is 10.0 Å². The van der Waals surface area contributed by atoms with Crippen LogP contribution in [-0.2, 0) is 6.18 Å². The summed E-state index contributed by atoms with van der Waals surface area (Å²) in [7, 11) is 0. The minimum absolute atomic E-state index is 0.0128. The van der Waals surface area contributed by atoms with E-state index in [0.717, 1.165) is 12.3 Å². The van der Waals surface area contributed by atoms with Crippen LogP contribution in [0.4, 0.5) is 19.0 Å². The number of rotatable bonds is 1. The molecule has 1 aliphatic heterocycles. The fraction of sp³-hybridized carbons (Fsp3) is 0.545. The fourth-order valence-electron chi connectivity index (χ4n) is 1.90. The first-order valence-corrected chi connectivity index (χ1v) is 5.91. The molecule has 0 aliphatic carbocycles. The molecule has 0 bridgehead atoms. The summed E-state index contributed by atoms with van der Waals surface area (Å²) in [5.41, 5.74) is -0.853. The topological polar surface area (TPSA) is 36.4 Å². The molecule has 3 nitrogen and oxygen atoms in total. The summed E-state index contributed by atoms with van der Waals surface area (Å²) >= 11 is 5.84. The minimum Gasteiger partial charge on any atom is -0.393 e. The third-order valence-corrected chi connectivity index (χ3v) is 3.19. The van der Waals surface area contributed by atoms with Crippen molar-refractivity contribution in [3.8, 4) is 0 Å². The van der Waals surface area contributed by atoms with Gasteiger partial charge in [-0.25, -0.2) is 4.98 Å². The lowest BCUT2D eigenvalue weighted by molar-refractivity contribution is -0.137. The summed E-state index contributed by atoms with van der Waals surface area (Å²) in [6.45, 7) is 1.08. The van der Waals surface area contributed by atoms with Gasteiger partial charge in [0.25, 0.3) is 0 Å². The van der Waals surface area contributed by atoms with Gasteiger partial charge in [-0.15, -0.1) is 0 Å².